The molecule has 0 aliphatic heterocycles. The number of aromatic nitrogens is 4. The quantitative estimate of drug-likeness (QED) is 0.670. The lowest BCUT2D eigenvalue weighted by molar-refractivity contribution is -0.137. The number of anilines is 1. The molecule has 3 rings (SSSR count). The van der Waals surface area contributed by atoms with E-state index >= 15 is 0 Å². The predicted molar refractivity (Wildman–Crippen MR) is 95.6 cm³/mol. The molecule has 0 fully saturated rings. The topological polar surface area (TPSA) is 102 Å². The summed E-state index contributed by atoms with van der Waals surface area (Å²) < 4.78 is 2.79. The summed E-state index contributed by atoms with van der Waals surface area (Å²) in [5, 5.41) is 20.5. The van der Waals surface area contributed by atoms with E-state index in [-0.39, 0.29) is 12.1 Å². The maximum Gasteiger partial charge on any atom is 0.325 e. The normalized spacial score (nSPS) is 10.7. The van der Waals surface area contributed by atoms with E-state index in [4.69, 9.17) is 28.3 Å². The van der Waals surface area contributed by atoms with Gasteiger partial charge in [-0.15, -0.1) is 0 Å². The Kier molecular flexibility index (Phi) is 5.24. The predicted octanol–water partition coefficient (Wildman–Crippen LogP) is 2.77. The van der Waals surface area contributed by atoms with E-state index in [1.807, 2.05) is 0 Å². The molecule has 3 aromatic rings. The molecule has 0 unspecified atom stereocenters. The van der Waals surface area contributed by atoms with Crippen LogP contribution in [0, 0.1) is 0 Å². The molecular formula is C16H13Cl2N5O3. The average Bonchev–Trinajstić information content (AvgIpc) is 3.19. The fraction of sp³-hybridized carbons (Fsp3) is 0.125. The van der Waals surface area contributed by atoms with Gasteiger partial charge in [-0.05, 0) is 17.7 Å². The van der Waals surface area contributed by atoms with Crippen LogP contribution in [0.15, 0.2) is 42.9 Å². The summed E-state index contributed by atoms with van der Waals surface area (Å²) in [5.74, 6) is -1.12. The van der Waals surface area contributed by atoms with Crippen molar-refractivity contribution in [1.29, 1.82) is 0 Å². The summed E-state index contributed by atoms with van der Waals surface area (Å²) >= 11 is 12.0. The zero-order valence-electron chi connectivity index (χ0n) is 13.3. The van der Waals surface area contributed by atoms with Crippen LogP contribution in [0.4, 0.5) is 5.82 Å². The molecule has 0 saturated heterocycles. The van der Waals surface area contributed by atoms with Crippen LogP contribution in [0.1, 0.15) is 15.9 Å². The third-order valence-electron chi connectivity index (χ3n) is 3.42. The van der Waals surface area contributed by atoms with Crippen molar-refractivity contribution < 1.29 is 14.7 Å². The molecule has 0 radical (unpaired) electrons. The van der Waals surface area contributed by atoms with Crippen molar-refractivity contribution in [3.8, 4) is 0 Å². The van der Waals surface area contributed by atoms with Gasteiger partial charge in [0.15, 0.2) is 5.82 Å². The summed E-state index contributed by atoms with van der Waals surface area (Å²) in [6, 6.07) is 6.84. The van der Waals surface area contributed by atoms with Crippen molar-refractivity contribution >= 4 is 40.9 Å². The SMILES string of the molecule is O=C(O)Cn1cc(C(=O)Nc2ccn(Cc3ccc(Cl)cc3Cl)n2)cn1. The van der Waals surface area contributed by atoms with Crippen molar-refractivity contribution in [2.75, 3.05) is 5.32 Å². The van der Waals surface area contributed by atoms with Gasteiger partial charge in [0.1, 0.15) is 6.54 Å². The lowest BCUT2D eigenvalue weighted by atomic mass is 10.2. The number of nitrogens with zero attached hydrogens (tertiary/aromatic N) is 4. The highest BCUT2D eigenvalue weighted by Crippen LogP contribution is 2.21. The summed E-state index contributed by atoms with van der Waals surface area (Å²) in [6.45, 7) is 0.103. The standard InChI is InChI=1S/C16H13Cl2N5O3/c17-12-2-1-10(13(18)5-12)7-22-4-3-14(21-22)20-16(26)11-6-19-23(8-11)9-15(24)25/h1-6,8H,7,9H2,(H,24,25)(H,20,21,26). The number of nitrogens with one attached hydrogen (secondary N) is 1. The van der Waals surface area contributed by atoms with Gasteiger partial charge in [-0.2, -0.15) is 10.2 Å². The zero-order valence-corrected chi connectivity index (χ0v) is 14.8. The van der Waals surface area contributed by atoms with Crippen LogP contribution in [-0.4, -0.2) is 36.5 Å². The molecule has 0 spiro atoms. The van der Waals surface area contributed by atoms with Crippen molar-refractivity contribution in [2.45, 2.75) is 13.1 Å². The number of halogens is 2. The van der Waals surface area contributed by atoms with Crippen molar-refractivity contribution in [2.24, 2.45) is 0 Å². The number of carboxylic acids is 1. The molecular weight excluding hydrogens is 381 g/mol. The van der Waals surface area contributed by atoms with Gasteiger partial charge in [0.05, 0.1) is 18.3 Å². The molecule has 2 aromatic heterocycles. The largest absolute Gasteiger partial charge is 0.480 e. The van der Waals surface area contributed by atoms with Gasteiger partial charge in [0, 0.05) is 28.5 Å². The van der Waals surface area contributed by atoms with Crippen LogP contribution in [0.25, 0.3) is 0 Å². The van der Waals surface area contributed by atoms with Gasteiger partial charge in [0.25, 0.3) is 5.91 Å². The highest BCUT2D eigenvalue weighted by atomic mass is 35.5. The number of carbonyl (C=O) groups excluding carboxylic acids is 1. The Balaban J connectivity index is 1.65. The molecule has 0 saturated carbocycles. The summed E-state index contributed by atoms with van der Waals surface area (Å²) in [5.41, 5.74) is 1.08. The highest BCUT2D eigenvalue weighted by molar-refractivity contribution is 6.35. The van der Waals surface area contributed by atoms with E-state index in [2.05, 4.69) is 15.5 Å². The molecule has 0 atom stereocenters. The van der Waals surface area contributed by atoms with Crippen molar-refractivity contribution in [3.63, 3.8) is 0 Å². The molecule has 2 heterocycles. The summed E-state index contributed by atoms with van der Waals surface area (Å²) in [7, 11) is 0. The van der Waals surface area contributed by atoms with Gasteiger partial charge in [-0.1, -0.05) is 29.3 Å². The van der Waals surface area contributed by atoms with Gasteiger partial charge in [-0.25, -0.2) is 0 Å². The average molecular weight is 394 g/mol. The van der Waals surface area contributed by atoms with Crippen LogP contribution >= 0.6 is 23.2 Å². The van der Waals surface area contributed by atoms with Crippen LogP contribution in [0.5, 0.6) is 0 Å². The molecule has 8 nitrogen and oxygen atoms in total. The van der Waals surface area contributed by atoms with Crippen LogP contribution in [0.3, 0.4) is 0 Å². The van der Waals surface area contributed by atoms with E-state index in [9.17, 15) is 9.59 Å². The lowest BCUT2D eigenvalue weighted by Gasteiger charge is -2.05. The third-order valence-corrected chi connectivity index (χ3v) is 4.01. The fourth-order valence-corrected chi connectivity index (χ4v) is 2.70. The monoisotopic (exact) mass is 393 g/mol. The van der Waals surface area contributed by atoms with Crippen molar-refractivity contribution in [3.05, 3.63) is 64.0 Å². The van der Waals surface area contributed by atoms with Gasteiger partial charge < -0.3 is 10.4 Å². The molecule has 134 valence electrons. The Bertz CT molecular complexity index is 966. The minimum Gasteiger partial charge on any atom is -0.480 e. The van der Waals surface area contributed by atoms with Crippen LogP contribution < -0.4 is 5.32 Å². The Hall–Kier alpha value is -2.84. The summed E-state index contributed by atoms with van der Waals surface area (Å²) in [4.78, 5) is 22.8. The maximum absolute atomic E-state index is 12.2. The molecule has 0 aliphatic rings. The van der Waals surface area contributed by atoms with Crippen molar-refractivity contribution in [1.82, 2.24) is 19.6 Å². The van der Waals surface area contributed by atoms with E-state index in [0.29, 0.717) is 22.4 Å². The number of rotatable bonds is 6. The van der Waals surface area contributed by atoms with Gasteiger partial charge >= 0.3 is 5.97 Å². The number of benzene rings is 1. The molecule has 2 N–H and O–H groups in total. The van der Waals surface area contributed by atoms with E-state index in [1.165, 1.54) is 17.1 Å². The van der Waals surface area contributed by atoms with E-state index in [1.54, 1.807) is 35.1 Å². The number of carbonyl (C=O) groups is 2. The Morgan fingerprint density at radius 1 is 1.19 bits per heavy atom. The van der Waals surface area contributed by atoms with Gasteiger partial charge in [-0.3, -0.25) is 19.0 Å². The molecule has 1 amide bonds. The number of amides is 1. The molecule has 1 aromatic carbocycles. The second-order valence-electron chi connectivity index (χ2n) is 5.41. The number of hydrogen-bond acceptors (Lipinski definition) is 4. The first-order chi connectivity index (χ1) is 12.4. The second kappa shape index (κ2) is 7.59. The van der Waals surface area contributed by atoms with Gasteiger partial charge in [0.2, 0.25) is 0 Å². The minimum atomic E-state index is -1.04. The minimum absolute atomic E-state index is 0.238. The van der Waals surface area contributed by atoms with E-state index in [0.717, 1.165) is 5.56 Å². The Morgan fingerprint density at radius 3 is 2.73 bits per heavy atom. The number of aliphatic carboxylic acids is 1. The fourth-order valence-electron chi connectivity index (χ4n) is 2.24. The second-order valence-corrected chi connectivity index (χ2v) is 6.25. The number of hydrogen-bond donors (Lipinski definition) is 2. The first-order valence-corrected chi connectivity index (χ1v) is 8.19. The Labute approximate surface area is 157 Å². The molecule has 26 heavy (non-hydrogen) atoms. The first-order valence-electron chi connectivity index (χ1n) is 7.43. The van der Waals surface area contributed by atoms with Crippen LogP contribution in [0.2, 0.25) is 10.0 Å². The molecule has 0 aliphatic carbocycles. The maximum atomic E-state index is 12.2. The molecule has 0 bridgehead atoms. The third kappa shape index (κ3) is 4.41. The summed E-state index contributed by atoms with van der Waals surface area (Å²) in [6.07, 6.45) is 4.35. The van der Waals surface area contributed by atoms with E-state index < -0.39 is 11.9 Å². The Morgan fingerprint density at radius 2 is 2.00 bits per heavy atom. The number of carboxylic acid groups (broad SMARTS) is 1. The smallest absolute Gasteiger partial charge is 0.325 e. The molecule has 10 heteroatoms. The zero-order chi connectivity index (χ0) is 18.7. The lowest BCUT2D eigenvalue weighted by Crippen LogP contribution is -2.13. The van der Waals surface area contributed by atoms with Crippen LogP contribution in [-0.2, 0) is 17.9 Å². The first kappa shape index (κ1) is 18.0. The highest BCUT2D eigenvalue weighted by Gasteiger charge is 2.12.